The van der Waals surface area contributed by atoms with Crippen LogP contribution in [-0.4, -0.2) is 25.0 Å². The van der Waals surface area contributed by atoms with E-state index in [0.29, 0.717) is 3.57 Å². The van der Waals surface area contributed by atoms with Gasteiger partial charge in [0.15, 0.2) is 0 Å². The van der Waals surface area contributed by atoms with Crippen molar-refractivity contribution in [3.05, 3.63) is 51.3 Å². The summed E-state index contributed by atoms with van der Waals surface area (Å²) in [5.74, 6) is -1.34. The lowest BCUT2D eigenvalue weighted by molar-refractivity contribution is -0.268. The number of hydrazone groups is 1. The van der Waals surface area contributed by atoms with E-state index >= 15 is 0 Å². The molecule has 0 aromatic heterocycles. The Kier molecular flexibility index (Phi) is 5.58. The van der Waals surface area contributed by atoms with Crippen molar-refractivity contribution in [1.82, 2.24) is 4.83 Å². The molecule has 2 aromatic carbocycles. The molecule has 0 heterocycles. The van der Waals surface area contributed by atoms with Gasteiger partial charge >= 0.3 is 0 Å². The Morgan fingerprint density at radius 3 is 2.46 bits per heavy atom. The maximum Gasteiger partial charge on any atom is 0.276 e. The second-order valence-corrected chi connectivity index (χ2v) is 7.35. The van der Waals surface area contributed by atoms with Gasteiger partial charge in [-0.25, -0.2) is 9.22 Å². The first-order chi connectivity index (χ1) is 11.2. The summed E-state index contributed by atoms with van der Waals surface area (Å²) >= 11 is 1.84. The van der Waals surface area contributed by atoms with E-state index in [-0.39, 0.29) is 15.7 Å². The van der Waals surface area contributed by atoms with Crippen LogP contribution in [0.25, 0.3) is 0 Å². The highest BCUT2D eigenvalue weighted by atomic mass is 127. The minimum absolute atomic E-state index is 0.0631. The van der Waals surface area contributed by atoms with Crippen LogP contribution in [0, 0.1) is 9.39 Å². The van der Waals surface area contributed by atoms with E-state index in [1.165, 1.54) is 12.1 Å². The summed E-state index contributed by atoms with van der Waals surface area (Å²) < 4.78 is 37.2. The highest BCUT2D eigenvalue weighted by Crippen LogP contribution is 2.28. The summed E-state index contributed by atoms with van der Waals surface area (Å²) in [6.07, 6.45) is 0.929. The van der Waals surface area contributed by atoms with Crippen LogP contribution in [0.2, 0.25) is 0 Å². The second-order valence-electron chi connectivity index (χ2n) is 4.44. The average molecular weight is 466 g/mol. The van der Waals surface area contributed by atoms with Crippen LogP contribution in [0.5, 0.6) is 5.75 Å². The number of sulfonamides is 1. The molecule has 0 saturated heterocycles. The number of hydrogen-bond donors (Lipinski definition) is 3. The van der Waals surface area contributed by atoms with E-state index in [0.717, 1.165) is 30.5 Å². The van der Waals surface area contributed by atoms with Crippen LogP contribution >= 0.6 is 22.6 Å². The summed E-state index contributed by atoms with van der Waals surface area (Å²) in [5.41, 5.74) is -0.475. The van der Waals surface area contributed by atoms with Gasteiger partial charge < -0.3 is 5.11 Å². The lowest BCUT2D eigenvalue weighted by atomic mass is 10.2. The molecule has 0 radical (unpaired) electrons. The summed E-state index contributed by atoms with van der Waals surface area (Å²) in [6.45, 7) is 0. The largest absolute Gasteiger partial charge is 0.870 e. The van der Waals surface area contributed by atoms with Gasteiger partial charge in [-0.15, -0.1) is 5.23 Å². The lowest BCUT2D eigenvalue weighted by Gasteiger charge is -2.19. The molecule has 24 heavy (non-hydrogen) atoms. The van der Waals surface area contributed by atoms with Gasteiger partial charge in [-0.05, 0) is 64.6 Å². The third-order valence-electron chi connectivity index (χ3n) is 2.78. The van der Waals surface area contributed by atoms with Gasteiger partial charge in [0.2, 0.25) is 0 Å². The Hall–Kier alpha value is -1.96. The molecule has 0 aliphatic rings. The zero-order valence-corrected chi connectivity index (χ0v) is 14.7. The Balaban J connectivity index is 2.24. The van der Waals surface area contributed by atoms with E-state index in [1.54, 1.807) is 0 Å². The van der Waals surface area contributed by atoms with E-state index in [2.05, 4.69) is 5.10 Å². The molecule has 0 bridgehead atoms. The molecule has 0 atom stereocenters. The Morgan fingerprint density at radius 2 is 1.88 bits per heavy atom. The number of nitrogens with one attached hydrogen (secondary N) is 1. The van der Waals surface area contributed by atoms with E-state index in [1.807, 2.05) is 27.4 Å². The van der Waals surface area contributed by atoms with Crippen molar-refractivity contribution in [1.29, 1.82) is 0 Å². The maximum atomic E-state index is 12.8. The summed E-state index contributed by atoms with van der Waals surface area (Å²) in [5, 5.41) is 33.1. The van der Waals surface area contributed by atoms with Gasteiger partial charge in [0.1, 0.15) is 5.82 Å². The van der Waals surface area contributed by atoms with Gasteiger partial charge in [0, 0.05) is 3.57 Å². The molecular formula is C13H10FIN3O5S-. The third kappa shape index (κ3) is 4.31. The predicted molar refractivity (Wildman–Crippen MR) is 89.0 cm³/mol. The smallest absolute Gasteiger partial charge is 0.276 e. The summed E-state index contributed by atoms with van der Waals surface area (Å²) in [6, 6.07) is 6.69. The molecule has 2 aromatic rings. The number of anilines is 1. The molecule has 0 unspecified atom stereocenters. The highest BCUT2D eigenvalue weighted by molar-refractivity contribution is 14.1. The molecule has 8 nitrogen and oxygen atoms in total. The maximum absolute atomic E-state index is 12.8. The predicted octanol–water partition coefficient (Wildman–Crippen LogP) is 1.40. The van der Waals surface area contributed by atoms with Gasteiger partial charge in [-0.3, -0.25) is 10.4 Å². The van der Waals surface area contributed by atoms with Crippen molar-refractivity contribution >= 4 is 44.5 Å². The minimum Gasteiger partial charge on any atom is -0.870 e. The molecule has 0 amide bonds. The number of benzene rings is 2. The third-order valence-corrected chi connectivity index (χ3v) is 4.64. The topological polar surface area (TPSA) is 125 Å². The number of rotatable bonds is 5. The van der Waals surface area contributed by atoms with Crippen molar-refractivity contribution in [2.75, 3.05) is 5.23 Å². The fourth-order valence-corrected chi connectivity index (χ4v) is 3.10. The quantitative estimate of drug-likeness (QED) is 0.348. The first-order valence-electron chi connectivity index (χ1n) is 6.19. The average Bonchev–Trinajstić information content (AvgIpc) is 2.50. The Morgan fingerprint density at radius 1 is 1.25 bits per heavy atom. The molecule has 2 rings (SSSR count). The molecule has 0 spiro atoms. The molecule has 0 aliphatic heterocycles. The summed E-state index contributed by atoms with van der Waals surface area (Å²) in [7, 11) is -4.02. The van der Waals surface area contributed by atoms with Crippen LogP contribution in [0.4, 0.5) is 10.1 Å². The first-order valence-corrected chi connectivity index (χ1v) is 8.76. The molecule has 11 heteroatoms. The van der Waals surface area contributed by atoms with Crippen LogP contribution in [0.1, 0.15) is 5.56 Å². The van der Waals surface area contributed by atoms with Gasteiger partial charge in [0.05, 0.1) is 16.8 Å². The monoisotopic (exact) mass is 466 g/mol. The molecule has 0 aliphatic carbocycles. The van der Waals surface area contributed by atoms with E-state index < -0.39 is 27.3 Å². The standard InChI is InChI=1S/C13H11FIN3O5S/c14-9-1-3-11(4-2-9)24(22,23)17-16-7-8-5-10(15)6-12(13(8)19)18(20)21/h1-7,17,19-21H/p-1/b16-7+. The number of hydrogen-bond acceptors (Lipinski definition) is 7. The Bertz CT molecular complexity index is 872. The minimum atomic E-state index is -4.02. The van der Waals surface area contributed by atoms with Crippen LogP contribution < -0.4 is 15.2 Å². The zero-order valence-electron chi connectivity index (χ0n) is 11.7. The molecule has 3 N–H and O–H groups in total. The zero-order chi connectivity index (χ0) is 17.9. The van der Waals surface area contributed by atoms with Crippen molar-refractivity contribution in [3.63, 3.8) is 0 Å². The van der Waals surface area contributed by atoms with Crippen molar-refractivity contribution in [3.8, 4) is 5.75 Å². The fraction of sp³-hybridized carbons (Fsp3) is 0. The molecule has 128 valence electrons. The van der Waals surface area contributed by atoms with Crippen molar-refractivity contribution in [2.45, 2.75) is 4.90 Å². The highest BCUT2D eigenvalue weighted by Gasteiger charge is 2.12. The van der Waals surface area contributed by atoms with Gasteiger partial charge in [-0.2, -0.15) is 13.5 Å². The number of halogens is 2. The molecule has 0 fully saturated rings. The SMILES string of the molecule is O=S(=O)(N/N=C/c1cc(I)cc(N(O)O)c1[O-])c1ccc(F)cc1. The van der Waals surface area contributed by atoms with Crippen molar-refractivity contribution in [2.24, 2.45) is 5.10 Å². The van der Waals surface area contributed by atoms with Gasteiger partial charge in [0.25, 0.3) is 10.0 Å². The van der Waals surface area contributed by atoms with Crippen molar-refractivity contribution < 1.29 is 28.3 Å². The fourth-order valence-electron chi connectivity index (χ4n) is 1.68. The first kappa shape index (κ1) is 18.4. The lowest BCUT2D eigenvalue weighted by Crippen LogP contribution is -2.19. The van der Waals surface area contributed by atoms with E-state index in [9.17, 15) is 17.9 Å². The number of nitrogens with zero attached hydrogens (tertiary/aromatic N) is 2. The molecular weight excluding hydrogens is 456 g/mol. The van der Waals surface area contributed by atoms with Crippen LogP contribution in [0.15, 0.2) is 46.4 Å². The van der Waals surface area contributed by atoms with Gasteiger partial charge in [-0.1, -0.05) is 5.75 Å². The van der Waals surface area contributed by atoms with E-state index in [4.69, 9.17) is 10.4 Å². The second kappa shape index (κ2) is 7.29. The molecule has 0 saturated carbocycles. The van der Waals surface area contributed by atoms with Crippen LogP contribution in [-0.2, 0) is 10.0 Å². The Labute approximate surface area is 150 Å². The normalized spacial score (nSPS) is 11.7. The van der Waals surface area contributed by atoms with Crippen LogP contribution in [0.3, 0.4) is 0 Å². The summed E-state index contributed by atoms with van der Waals surface area (Å²) in [4.78, 5) is 1.67.